The molecule has 37 heavy (non-hydrogen) atoms. The number of nitrogens with zero attached hydrogens (tertiary/aromatic N) is 4. The molecule has 1 aromatic heterocycles. The highest BCUT2D eigenvalue weighted by Crippen LogP contribution is 2.27. The van der Waals surface area contributed by atoms with Gasteiger partial charge in [0.25, 0.3) is 5.56 Å². The number of para-hydroxylation sites is 1. The van der Waals surface area contributed by atoms with Gasteiger partial charge in [-0.25, -0.2) is 4.68 Å². The Morgan fingerprint density at radius 2 is 1.54 bits per heavy atom. The minimum Gasteiger partial charge on any atom is -0.492 e. The summed E-state index contributed by atoms with van der Waals surface area (Å²) in [7, 11) is 1.96. The Bertz CT molecular complexity index is 1470. The van der Waals surface area contributed by atoms with Crippen molar-refractivity contribution in [3.05, 3.63) is 117 Å². The Balaban J connectivity index is 1.20. The fourth-order valence-corrected chi connectivity index (χ4v) is 5.71. The Labute approximate surface area is 218 Å². The molecule has 0 aliphatic carbocycles. The predicted octanol–water partition coefficient (Wildman–Crippen LogP) is 4.44. The van der Waals surface area contributed by atoms with Crippen LogP contribution in [0.1, 0.15) is 33.5 Å². The normalized spacial score (nSPS) is 16.1. The van der Waals surface area contributed by atoms with Crippen molar-refractivity contribution < 1.29 is 4.74 Å². The SMILES string of the molecule is Cc1c(CN2CCOc3ccc(CN4CCc5ccccc5C4)cc3C2)c(=O)n(-c2ccccc2)n1C. The second-order valence-electron chi connectivity index (χ2n) is 10.3. The molecule has 0 spiro atoms. The van der Waals surface area contributed by atoms with Gasteiger partial charge in [-0.1, -0.05) is 48.5 Å². The molecule has 0 fully saturated rings. The van der Waals surface area contributed by atoms with Crippen LogP contribution in [-0.4, -0.2) is 38.9 Å². The third-order valence-electron chi connectivity index (χ3n) is 7.85. The predicted molar refractivity (Wildman–Crippen MR) is 146 cm³/mol. The lowest BCUT2D eigenvalue weighted by Gasteiger charge is -2.29. The number of hydrogen-bond acceptors (Lipinski definition) is 4. The van der Waals surface area contributed by atoms with Crippen LogP contribution in [0.25, 0.3) is 5.69 Å². The standard InChI is InChI=1S/C31H34N4O2/c1-23-29(31(36)35(32(23)2)28-10-4-3-5-11-28)22-34-16-17-37-30-13-12-24(18-27(30)21-34)19-33-15-14-25-8-6-7-9-26(25)20-33/h3-13,18H,14-17,19-22H2,1-2H3. The van der Waals surface area contributed by atoms with Gasteiger partial charge in [0, 0.05) is 57.6 Å². The molecule has 2 aliphatic heterocycles. The van der Waals surface area contributed by atoms with E-state index >= 15 is 0 Å². The first kappa shape index (κ1) is 23.8. The van der Waals surface area contributed by atoms with E-state index in [-0.39, 0.29) is 5.56 Å². The molecule has 0 atom stereocenters. The lowest BCUT2D eigenvalue weighted by atomic mass is 9.99. The second-order valence-corrected chi connectivity index (χ2v) is 10.3. The third-order valence-corrected chi connectivity index (χ3v) is 7.85. The van der Waals surface area contributed by atoms with Gasteiger partial charge < -0.3 is 4.74 Å². The van der Waals surface area contributed by atoms with E-state index in [0.717, 1.165) is 61.8 Å². The van der Waals surface area contributed by atoms with Crippen LogP contribution in [0, 0.1) is 6.92 Å². The van der Waals surface area contributed by atoms with Crippen molar-refractivity contribution >= 4 is 0 Å². The van der Waals surface area contributed by atoms with Gasteiger partial charge in [0.05, 0.1) is 11.3 Å². The van der Waals surface area contributed by atoms with Gasteiger partial charge in [0.1, 0.15) is 12.4 Å². The van der Waals surface area contributed by atoms with Crippen LogP contribution in [0.4, 0.5) is 0 Å². The number of fused-ring (bicyclic) bond motifs is 2. The van der Waals surface area contributed by atoms with E-state index in [0.29, 0.717) is 13.2 Å². The van der Waals surface area contributed by atoms with E-state index < -0.39 is 0 Å². The average Bonchev–Trinajstić information content (AvgIpc) is 3.04. The summed E-state index contributed by atoms with van der Waals surface area (Å²) in [6.07, 6.45) is 1.11. The fourth-order valence-electron chi connectivity index (χ4n) is 5.71. The maximum absolute atomic E-state index is 13.5. The number of hydrogen-bond donors (Lipinski definition) is 0. The second kappa shape index (κ2) is 10.0. The molecule has 0 N–H and O–H groups in total. The highest BCUT2D eigenvalue weighted by atomic mass is 16.5. The molecule has 4 aromatic rings. The van der Waals surface area contributed by atoms with Gasteiger partial charge in [0.15, 0.2) is 0 Å². The maximum atomic E-state index is 13.5. The molecule has 0 amide bonds. The van der Waals surface area contributed by atoms with E-state index in [1.807, 2.05) is 49.0 Å². The van der Waals surface area contributed by atoms with Gasteiger partial charge >= 0.3 is 0 Å². The first-order chi connectivity index (χ1) is 18.1. The molecule has 0 unspecified atom stereocenters. The highest BCUT2D eigenvalue weighted by Gasteiger charge is 2.22. The first-order valence-electron chi connectivity index (χ1n) is 13.2. The van der Waals surface area contributed by atoms with Crippen molar-refractivity contribution in [2.75, 3.05) is 19.7 Å². The Morgan fingerprint density at radius 1 is 0.811 bits per heavy atom. The molecule has 3 aromatic carbocycles. The summed E-state index contributed by atoms with van der Waals surface area (Å²) >= 11 is 0. The summed E-state index contributed by atoms with van der Waals surface area (Å²) in [5.74, 6) is 0.960. The van der Waals surface area contributed by atoms with Crippen LogP contribution in [0.5, 0.6) is 5.75 Å². The minimum absolute atomic E-state index is 0.0516. The number of rotatable bonds is 5. The van der Waals surface area contributed by atoms with E-state index in [1.54, 1.807) is 4.68 Å². The molecule has 0 bridgehead atoms. The van der Waals surface area contributed by atoms with Crippen molar-refractivity contribution in [2.45, 2.75) is 39.5 Å². The summed E-state index contributed by atoms with van der Waals surface area (Å²) < 4.78 is 9.85. The van der Waals surface area contributed by atoms with Gasteiger partial charge in [0.2, 0.25) is 0 Å². The molecular formula is C31H34N4O2. The molecule has 0 saturated heterocycles. The van der Waals surface area contributed by atoms with E-state index in [4.69, 9.17) is 4.74 Å². The molecule has 6 nitrogen and oxygen atoms in total. The van der Waals surface area contributed by atoms with Gasteiger partial charge in [-0.05, 0) is 54.3 Å². The quantitative estimate of drug-likeness (QED) is 0.412. The fraction of sp³-hybridized carbons (Fsp3) is 0.323. The molecule has 2 aliphatic rings. The van der Waals surface area contributed by atoms with Crippen molar-refractivity contribution in [3.63, 3.8) is 0 Å². The summed E-state index contributed by atoms with van der Waals surface area (Å²) in [5, 5.41) is 0. The van der Waals surface area contributed by atoms with Gasteiger partial charge in [-0.3, -0.25) is 19.3 Å². The summed E-state index contributed by atoms with van der Waals surface area (Å²) in [4.78, 5) is 18.3. The van der Waals surface area contributed by atoms with Crippen LogP contribution >= 0.6 is 0 Å². The molecular weight excluding hydrogens is 460 g/mol. The molecule has 0 radical (unpaired) electrons. The smallest absolute Gasteiger partial charge is 0.276 e. The lowest BCUT2D eigenvalue weighted by molar-refractivity contribution is 0.219. The number of ether oxygens (including phenoxy) is 1. The monoisotopic (exact) mass is 494 g/mol. The highest BCUT2D eigenvalue weighted by molar-refractivity contribution is 5.39. The van der Waals surface area contributed by atoms with Crippen molar-refractivity contribution in [2.24, 2.45) is 7.05 Å². The summed E-state index contributed by atoms with van der Waals surface area (Å²) in [6.45, 7) is 7.82. The lowest BCUT2D eigenvalue weighted by Crippen LogP contribution is -2.30. The van der Waals surface area contributed by atoms with Gasteiger partial charge in [-0.15, -0.1) is 0 Å². The Hall–Kier alpha value is -3.61. The number of aromatic nitrogens is 2. The van der Waals surface area contributed by atoms with Crippen molar-refractivity contribution in [1.29, 1.82) is 0 Å². The largest absolute Gasteiger partial charge is 0.492 e. The minimum atomic E-state index is 0.0516. The summed E-state index contributed by atoms with van der Waals surface area (Å²) in [6, 6.07) is 25.3. The molecule has 6 heteroatoms. The van der Waals surface area contributed by atoms with Crippen LogP contribution in [0.2, 0.25) is 0 Å². The van der Waals surface area contributed by atoms with Gasteiger partial charge in [-0.2, -0.15) is 0 Å². The topological polar surface area (TPSA) is 42.6 Å². The van der Waals surface area contributed by atoms with Crippen LogP contribution < -0.4 is 10.3 Å². The average molecular weight is 495 g/mol. The third kappa shape index (κ3) is 4.75. The van der Waals surface area contributed by atoms with Crippen LogP contribution in [0.3, 0.4) is 0 Å². The Morgan fingerprint density at radius 3 is 2.38 bits per heavy atom. The van der Waals surface area contributed by atoms with Crippen LogP contribution in [-0.2, 0) is 39.6 Å². The molecule has 6 rings (SSSR count). The molecule has 0 saturated carbocycles. The molecule has 3 heterocycles. The van der Waals surface area contributed by atoms with Crippen molar-refractivity contribution in [3.8, 4) is 11.4 Å². The van der Waals surface area contributed by atoms with E-state index in [1.165, 1.54) is 22.3 Å². The first-order valence-corrected chi connectivity index (χ1v) is 13.2. The Kier molecular flexibility index (Phi) is 6.45. The zero-order chi connectivity index (χ0) is 25.4. The summed E-state index contributed by atoms with van der Waals surface area (Å²) in [5.41, 5.74) is 8.21. The van der Waals surface area contributed by atoms with Crippen molar-refractivity contribution in [1.82, 2.24) is 19.2 Å². The van der Waals surface area contributed by atoms with E-state index in [9.17, 15) is 4.79 Å². The maximum Gasteiger partial charge on any atom is 0.276 e. The number of benzene rings is 3. The zero-order valence-electron chi connectivity index (χ0n) is 21.7. The van der Waals surface area contributed by atoms with E-state index in [2.05, 4.69) is 52.3 Å². The zero-order valence-corrected chi connectivity index (χ0v) is 21.7. The van der Waals surface area contributed by atoms with Crippen LogP contribution in [0.15, 0.2) is 77.6 Å². The molecule has 190 valence electrons.